The maximum absolute atomic E-state index is 8.67. The zero-order valence-corrected chi connectivity index (χ0v) is 6.03. The van der Waals surface area contributed by atoms with Gasteiger partial charge in [-0.2, -0.15) is 4.21 Å². The van der Waals surface area contributed by atoms with Crippen LogP contribution in [-0.2, 0) is 11.4 Å². The van der Waals surface area contributed by atoms with E-state index in [-0.39, 0.29) is 67.9 Å². The van der Waals surface area contributed by atoms with Crippen LogP contribution in [0.1, 0.15) is 0 Å². The normalized spacial score (nSPS) is 2.92. The number of hydrogen-bond donors (Lipinski definition) is 2. The molecule has 0 atom stereocenters. The third-order valence-corrected chi connectivity index (χ3v) is 0. The predicted molar refractivity (Wildman–Crippen MR) is 45.8 cm³/mol. The molecule has 0 amide bonds. The van der Waals surface area contributed by atoms with Crippen LogP contribution in [0.3, 0.4) is 0 Å². The van der Waals surface area contributed by atoms with Gasteiger partial charge in [-0.15, -0.1) is 0 Å². The van der Waals surface area contributed by atoms with Crippen molar-refractivity contribution in [2.24, 2.45) is 0 Å². The van der Waals surface area contributed by atoms with E-state index in [1.165, 1.54) is 0 Å². The molecule has 0 saturated heterocycles. The molecule has 0 spiro atoms. The Morgan fingerprint density at radius 3 is 0.667 bits per heavy atom. The molecule has 0 heterocycles. The van der Waals surface area contributed by atoms with E-state index in [2.05, 4.69) is 0 Å². The molecular weight excluding hydrogens is 215 g/mol. The van der Waals surface area contributed by atoms with Gasteiger partial charge in [0, 0.05) is 0 Å². The molecular formula is H17NaO10S. The quantitative estimate of drug-likeness (QED) is 0.304. The summed E-state index contributed by atoms with van der Waals surface area (Å²) in [6.07, 6.45) is 0. The monoisotopic (exact) mass is 232 g/mol. The van der Waals surface area contributed by atoms with E-state index in [0.29, 0.717) is 0 Å². The van der Waals surface area contributed by atoms with E-state index in [0.717, 1.165) is 0 Å². The van der Waals surface area contributed by atoms with Crippen LogP contribution in [-0.4, -0.2) is 81.2 Å². The molecule has 10 nitrogen and oxygen atoms in total. The second kappa shape index (κ2) is 95.6. The van der Waals surface area contributed by atoms with E-state index in [1.54, 1.807) is 0 Å². The van der Waals surface area contributed by atoms with Crippen molar-refractivity contribution < 1.29 is 51.6 Å². The maximum atomic E-state index is 8.67. The molecule has 0 aliphatic rings. The molecule has 0 radical (unpaired) electrons. The van der Waals surface area contributed by atoms with Crippen LogP contribution >= 0.6 is 0 Å². The Morgan fingerprint density at radius 2 is 0.667 bits per heavy atom. The van der Waals surface area contributed by atoms with Crippen LogP contribution in [0.5, 0.6) is 0 Å². The molecule has 0 aliphatic heterocycles. The Bertz CT molecular complexity index is 32.8. The molecule has 16 N–H and O–H groups in total. The van der Waals surface area contributed by atoms with Gasteiger partial charge in [-0.05, 0) is 0 Å². The molecule has 0 rings (SSSR count). The Labute approximate surface area is 92.5 Å². The van der Waals surface area contributed by atoms with Crippen molar-refractivity contribution >= 4 is 40.9 Å². The summed E-state index contributed by atoms with van der Waals surface area (Å²) < 4.78 is 22.8. The average molecular weight is 232 g/mol. The van der Waals surface area contributed by atoms with Crippen LogP contribution in [0.2, 0.25) is 0 Å². The Morgan fingerprint density at radius 1 is 0.667 bits per heavy atom. The average Bonchev–Trinajstić information content (AvgIpc) is 0.811. The van der Waals surface area contributed by atoms with Crippen LogP contribution in [0.15, 0.2) is 0 Å². The molecule has 0 aliphatic carbocycles. The van der Waals surface area contributed by atoms with Gasteiger partial charge in [-0.25, -0.2) is 0 Å². The van der Waals surface area contributed by atoms with Crippen LogP contribution in [0.25, 0.3) is 0 Å². The van der Waals surface area contributed by atoms with E-state index in [4.69, 9.17) is 13.3 Å². The molecule has 0 aromatic rings. The van der Waals surface area contributed by atoms with Crippen molar-refractivity contribution in [1.82, 2.24) is 0 Å². The molecule has 0 saturated carbocycles. The molecule has 0 aromatic carbocycles. The minimum atomic E-state index is -2.61. The molecule has 0 bridgehead atoms. The van der Waals surface area contributed by atoms with Crippen molar-refractivity contribution in [3.05, 3.63) is 0 Å². The number of hydrogen-bond acceptors (Lipinski definition) is 1. The molecule has 0 unspecified atom stereocenters. The number of rotatable bonds is 0. The van der Waals surface area contributed by atoms with Crippen molar-refractivity contribution in [3.63, 3.8) is 0 Å². The van der Waals surface area contributed by atoms with Crippen molar-refractivity contribution in [2.45, 2.75) is 0 Å². The molecule has 12 heavy (non-hydrogen) atoms. The van der Waals surface area contributed by atoms with Gasteiger partial charge in [0.25, 0.3) is 11.4 Å². The molecule has 0 fully saturated rings. The third-order valence-electron chi connectivity index (χ3n) is 0. The fraction of sp³-hybridized carbons (Fsp3) is 0. The summed E-state index contributed by atoms with van der Waals surface area (Å²) in [5.74, 6) is 0. The third kappa shape index (κ3) is 1660. The Hall–Kier alpha value is 0.790. The fourth-order valence-electron chi connectivity index (χ4n) is 0. The Balaban J connectivity index is -0.00000000161. The summed E-state index contributed by atoms with van der Waals surface area (Å²) in [5.41, 5.74) is 0. The predicted octanol–water partition coefficient (Wildman–Crippen LogP) is -6.74. The van der Waals surface area contributed by atoms with Gasteiger partial charge < -0.3 is 38.3 Å². The van der Waals surface area contributed by atoms with Gasteiger partial charge in [-0.1, -0.05) is 0 Å². The van der Waals surface area contributed by atoms with Gasteiger partial charge in [-0.3, -0.25) is 9.11 Å². The standard InChI is InChI=1S/Na.H2O3S.7H2O.H/c;1-4(2)3;;;;;;;;/h;(H2,1,2,3);7*1H2;. The zero-order chi connectivity index (χ0) is 3.58. The SMILES string of the molecule is O.O.O.O.O.O.O.O=S(O)O.[NaH]. The second-order valence-corrected chi connectivity index (χ2v) is 0.692. The van der Waals surface area contributed by atoms with Crippen LogP contribution in [0.4, 0.5) is 0 Å². The van der Waals surface area contributed by atoms with Gasteiger partial charge in [0.1, 0.15) is 0 Å². The van der Waals surface area contributed by atoms with E-state index in [1.807, 2.05) is 0 Å². The summed E-state index contributed by atoms with van der Waals surface area (Å²) in [5, 5.41) is 0. The second-order valence-electron chi connectivity index (χ2n) is 0.231. The minimum absolute atomic E-state index is 0. The first kappa shape index (κ1) is 124. The van der Waals surface area contributed by atoms with Gasteiger partial charge in [0.2, 0.25) is 0 Å². The van der Waals surface area contributed by atoms with Crippen molar-refractivity contribution in [1.29, 1.82) is 0 Å². The summed E-state index contributed by atoms with van der Waals surface area (Å²) in [6.45, 7) is 0. The Kier molecular flexibility index (Phi) is 986. The molecule has 84 valence electrons. The van der Waals surface area contributed by atoms with Gasteiger partial charge in [0.15, 0.2) is 0 Å². The van der Waals surface area contributed by atoms with Gasteiger partial charge in [0.05, 0.1) is 0 Å². The van der Waals surface area contributed by atoms with Crippen LogP contribution < -0.4 is 0 Å². The van der Waals surface area contributed by atoms with E-state index < -0.39 is 11.4 Å². The van der Waals surface area contributed by atoms with Crippen molar-refractivity contribution in [2.75, 3.05) is 0 Å². The molecule has 12 heteroatoms. The topological polar surface area (TPSA) is 278 Å². The van der Waals surface area contributed by atoms with E-state index >= 15 is 0 Å². The fourth-order valence-corrected chi connectivity index (χ4v) is 0. The summed E-state index contributed by atoms with van der Waals surface area (Å²) >= 11 is -2.61. The first-order valence-corrected chi connectivity index (χ1v) is 1.60. The first-order valence-electron chi connectivity index (χ1n) is 0.532. The van der Waals surface area contributed by atoms with Crippen molar-refractivity contribution in [3.8, 4) is 0 Å². The zero-order valence-electron chi connectivity index (χ0n) is 5.21. The summed E-state index contributed by atoms with van der Waals surface area (Å²) in [6, 6.07) is 0. The van der Waals surface area contributed by atoms with Gasteiger partial charge >= 0.3 is 29.6 Å². The molecule has 0 aromatic heterocycles. The van der Waals surface area contributed by atoms with E-state index in [9.17, 15) is 0 Å². The summed E-state index contributed by atoms with van der Waals surface area (Å²) in [7, 11) is 0. The van der Waals surface area contributed by atoms with Crippen LogP contribution in [0, 0.1) is 0 Å². The first-order chi connectivity index (χ1) is 1.73. The summed E-state index contributed by atoms with van der Waals surface area (Å²) in [4.78, 5) is 0.